The molecule has 1 saturated heterocycles. The van der Waals surface area contributed by atoms with Crippen LogP contribution in [0.15, 0.2) is 6.07 Å². The number of aromatic nitrogens is 2. The van der Waals surface area contributed by atoms with E-state index in [-0.39, 0.29) is 5.91 Å². The first-order valence-electron chi connectivity index (χ1n) is 7.08. The third-order valence-corrected chi connectivity index (χ3v) is 3.57. The summed E-state index contributed by atoms with van der Waals surface area (Å²) < 4.78 is 5.42. The van der Waals surface area contributed by atoms with Crippen LogP contribution in [-0.4, -0.2) is 47.7 Å². The summed E-state index contributed by atoms with van der Waals surface area (Å²) in [6.07, 6.45) is 2.08. The fourth-order valence-electron chi connectivity index (χ4n) is 2.32. The van der Waals surface area contributed by atoms with Crippen LogP contribution < -0.4 is 10.2 Å². The minimum atomic E-state index is -0.437. The fourth-order valence-corrected chi connectivity index (χ4v) is 2.32. The van der Waals surface area contributed by atoms with Crippen LogP contribution >= 0.6 is 0 Å². The smallest absolute Gasteiger partial charge is 0.245 e. The average Bonchev–Trinajstić information content (AvgIpc) is 3.30. The maximum atomic E-state index is 12.3. The molecule has 3 rings (SSSR count). The summed E-state index contributed by atoms with van der Waals surface area (Å²) in [5.41, 5.74) is 1.02. The maximum absolute atomic E-state index is 12.3. The van der Waals surface area contributed by atoms with Crippen molar-refractivity contribution in [1.82, 2.24) is 15.3 Å². The minimum absolute atomic E-state index is 0.0548. The molecule has 1 aromatic heterocycles. The first kappa shape index (κ1) is 13.8. The van der Waals surface area contributed by atoms with E-state index in [4.69, 9.17) is 10.00 Å². The van der Waals surface area contributed by atoms with Crippen LogP contribution in [0, 0.1) is 18.3 Å². The molecule has 7 nitrogen and oxygen atoms in total. The lowest BCUT2D eigenvalue weighted by Crippen LogP contribution is -2.55. The van der Waals surface area contributed by atoms with Crippen molar-refractivity contribution in [2.75, 3.05) is 24.7 Å². The number of nitrogens with zero attached hydrogens (tertiary/aromatic N) is 4. The number of amides is 1. The number of ether oxygens (including phenoxy) is 1. The zero-order valence-electron chi connectivity index (χ0n) is 11.9. The van der Waals surface area contributed by atoms with Gasteiger partial charge in [-0.15, -0.1) is 0 Å². The minimum Gasteiger partial charge on any atom is -0.377 e. The first-order valence-corrected chi connectivity index (χ1v) is 7.08. The molecule has 1 aliphatic carbocycles. The number of nitriles is 1. The summed E-state index contributed by atoms with van der Waals surface area (Å²) in [6.45, 7) is 3.19. The van der Waals surface area contributed by atoms with Crippen molar-refractivity contribution in [3.63, 3.8) is 0 Å². The Labute approximate surface area is 122 Å². The van der Waals surface area contributed by atoms with Crippen molar-refractivity contribution in [1.29, 1.82) is 5.26 Å². The van der Waals surface area contributed by atoms with E-state index in [1.54, 1.807) is 6.07 Å². The lowest BCUT2D eigenvalue weighted by atomic mass is 10.2. The number of rotatable bonds is 3. The van der Waals surface area contributed by atoms with Gasteiger partial charge in [0.25, 0.3) is 0 Å². The van der Waals surface area contributed by atoms with Crippen LogP contribution in [0.5, 0.6) is 0 Å². The van der Waals surface area contributed by atoms with E-state index in [2.05, 4.69) is 15.3 Å². The standard InChI is InChI=1S/C14H17N5O2/c1-9-6-11(7-15)18-14(16-9)19-4-5-21-8-12(19)13(20)17-10-2-3-10/h6,10,12H,2-5,8H2,1H3,(H,17,20). The molecule has 2 heterocycles. The van der Waals surface area contributed by atoms with Gasteiger partial charge in [-0.25, -0.2) is 9.97 Å². The van der Waals surface area contributed by atoms with E-state index in [0.29, 0.717) is 43.1 Å². The molecule has 0 aromatic carbocycles. The van der Waals surface area contributed by atoms with Crippen LogP contribution in [-0.2, 0) is 9.53 Å². The van der Waals surface area contributed by atoms with Gasteiger partial charge in [-0.2, -0.15) is 5.26 Å². The van der Waals surface area contributed by atoms with E-state index >= 15 is 0 Å². The highest BCUT2D eigenvalue weighted by Crippen LogP contribution is 2.21. The number of nitrogens with one attached hydrogen (secondary N) is 1. The van der Waals surface area contributed by atoms with Gasteiger partial charge >= 0.3 is 0 Å². The van der Waals surface area contributed by atoms with Gasteiger partial charge < -0.3 is 15.0 Å². The highest BCUT2D eigenvalue weighted by molar-refractivity contribution is 5.85. The second-order valence-electron chi connectivity index (χ2n) is 5.37. The summed E-state index contributed by atoms with van der Waals surface area (Å²) in [6, 6.07) is 3.52. The molecule has 1 aromatic rings. The number of aryl methyl sites for hydroxylation is 1. The van der Waals surface area contributed by atoms with E-state index in [1.165, 1.54) is 0 Å². The number of carbonyl (C=O) groups excluding carboxylic acids is 1. The molecule has 1 amide bonds. The Kier molecular flexibility index (Phi) is 3.71. The number of morpholine rings is 1. The molecular formula is C14H17N5O2. The molecule has 0 spiro atoms. The molecule has 1 saturated carbocycles. The maximum Gasteiger partial charge on any atom is 0.245 e. The molecule has 1 aliphatic heterocycles. The molecule has 0 bridgehead atoms. The molecule has 2 fully saturated rings. The van der Waals surface area contributed by atoms with E-state index in [0.717, 1.165) is 12.8 Å². The molecule has 1 atom stereocenters. The van der Waals surface area contributed by atoms with Gasteiger partial charge in [-0.3, -0.25) is 4.79 Å². The Hall–Kier alpha value is -2.20. The van der Waals surface area contributed by atoms with E-state index in [9.17, 15) is 4.79 Å². The zero-order valence-corrected chi connectivity index (χ0v) is 11.9. The molecule has 0 radical (unpaired) electrons. The first-order chi connectivity index (χ1) is 10.2. The SMILES string of the molecule is Cc1cc(C#N)nc(N2CCOCC2C(=O)NC2CC2)n1. The largest absolute Gasteiger partial charge is 0.377 e. The Morgan fingerprint density at radius 2 is 2.33 bits per heavy atom. The van der Waals surface area contributed by atoms with Crippen LogP contribution in [0.2, 0.25) is 0 Å². The van der Waals surface area contributed by atoms with E-state index < -0.39 is 6.04 Å². The van der Waals surface area contributed by atoms with Crippen LogP contribution in [0.3, 0.4) is 0 Å². The molecule has 1 N–H and O–H groups in total. The van der Waals surface area contributed by atoms with Crippen molar-refractivity contribution in [2.45, 2.75) is 31.8 Å². The Balaban J connectivity index is 1.84. The summed E-state index contributed by atoms with van der Waals surface area (Å²) >= 11 is 0. The number of hydrogen-bond acceptors (Lipinski definition) is 6. The van der Waals surface area contributed by atoms with Crippen molar-refractivity contribution in [2.24, 2.45) is 0 Å². The lowest BCUT2D eigenvalue weighted by molar-refractivity contribution is -0.124. The third-order valence-electron chi connectivity index (χ3n) is 3.57. The number of carbonyl (C=O) groups is 1. The Bertz CT molecular complexity index is 594. The van der Waals surface area contributed by atoms with Crippen molar-refractivity contribution in [3.05, 3.63) is 17.5 Å². The molecule has 2 aliphatic rings. The second-order valence-corrected chi connectivity index (χ2v) is 5.37. The summed E-state index contributed by atoms with van der Waals surface area (Å²) in [7, 11) is 0. The highest BCUT2D eigenvalue weighted by atomic mass is 16.5. The lowest BCUT2D eigenvalue weighted by Gasteiger charge is -2.34. The van der Waals surface area contributed by atoms with Gasteiger partial charge in [0.1, 0.15) is 17.8 Å². The quantitative estimate of drug-likeness (QED) is 0.850. The highest BCUT2D eigenvalue weighted by Gasteiger charge is 2.34. The number of hydrogen-bond donors (Lipinski definition) is 1. The molecular weight excluding hydrogens is 270 g/mol. The predicted molar refractivity (Wildman–Crippen MR) is 74.6 cm³/mol. The summed E-state index contributed by atoms with van der Waals surface area (Å²) in [4.78, 5) is 22.7. The zero-order chi connectivity index (χ0) is 14.8. The van der Waals surface area contributed by atoms with E-state index in [1.807, 2.05) is 17.9 Å². The summed E-state index contributed by atoms with van der Waals surface area (Å²) in [5, 5.41) is 12.0. The van der Waals surface area contributed by atoms with Gasteiger partial charge in [-0.1, -0.05) is 0 Å². The van der Waals surface area contributed by atoms with Crippen LogP contribution in [0.1, 0.15) is 24.2 Å². The van der Waals surface area contributed by atoms with Gasteiger partial charge in [0.05, 0.1) is 13.2 Å². The Morgan fingerprint density at radius 1 is 1.52 bits per heavy atom. The third kappa shape index (κ3) is 3.11. The molecule has 21 heavy (non-hydrogen) atoms. The molecule has 110 valence electrons. The van der Waals surface area contributed by atoms with Crippen molar-refractivity contribution < 1.29 is 9.53 Å². The van der Waals surface area contributed by atoms with Crippen molar-refractivity contribution >= 4 is 11.9 Å². The Morgan fingerprint density at radius 3 is 3.05 bits per heavy atom. The van der Waals surface area contributed by atoms with Gasteiger partial charge in [0.15, 0.2) is 0 Å². The molecule has 7 heteroatoms. The number of anilines is 1. The van der Waals surface area contributed by atoms with Gasteiger partial charge in [-0.05, 0) is 25.8 Å². The fraction of sp³-hybridized carbons (Fsp3) is 0.571. The topological polar surface area (TPSA) is 91.1 Å². The monoisotopic (exact) mass is 287 g/mol. The predicted octanol–water partition coefficient (Wildman–Crippen LogP) is 0.140. The molecule has 1 unspecified atom stereocenters. The second kappa shape index (κ2) is 5.66. The van der Waals surface area contributed by atoms with Crippen LogP contribution in [0.4, 0.5) is 5.95 Å². The normalized spacial score (nSPS) is 21.7. The average molecular weight is 287 g/mol. The van der Waals surface area contributed by atoms with Crippen molar-refractivity contribution in [3.8, 4) is 6.07 Å². The van der Waals surface area contributed by atoms with Gasteiger partial charge in [0.2, 0.25) is 11.9 Å². The van der Waals surface area contributed by atoms with Crippen LogP contribution in [0.25, 0.3) is 0 Å². The summed E-state index contributed by atoms with van der Waals surface area (Å²) in [5.74, 6) is 0.367. The van der Waals surface area contributed by atoms with Gasteiger partial charge in [0, 0.05) is 18.3 Å².